The fourth-order valence-electron chi connectivity index (χ4n) is 2.72. The molecule has 0 amide bonds. The van der Waals surface area contributed by atoms with Crippen molar-refractivity contribution in [1.82, 2.24) is 0 Å². The van der Waals surface area contributed by atoms with E-state index >= 15 is 0 Å². The van der Waals surface area contributed by atoms with Gasteiger partial charge in [0.25, 0.3) is 0 Å². The van der Waals surface area contributed by atoms with Crippen LogP contribution in [0.15, 0.2) is 18.2 Å². The molecule has 0 spiro atoms. The third-order valence-corrected chi connectivity index (χ3v) is 3.86. The Hall–Kier alpha value is 0.850. The van der Waals surface area contributed by atoms with Crippen molar-refractivity contribution in [2.24, 2.45) is 0 Å². The summed E-state index contributed by atoms with van der Waals surface area (Å²) >= 11 is 0. The van der Waals surface area contributed by atoms with E-state index in [0.29, 0.717) is 6.61 Å². The molecule has 0 saturated heterocycles. The van der Waals surface area contributed by atoms with Gasteiger partial charge in [-0.3, -0.25) is 8.42 Å². The molecule has 26 heavy (non-hydrogen) atoms. The zero-order valence-electron chi connectivity index (χ0n) is 16.2. The van der Waals surface area contributed by atoms with Crippen molar-refractivity contribution >= 4 is 10.4 Å². The Morgan fingerprint density at radius 2 is 1.58 bits per heavy atom. The molecular formula is C17H26Na2O6S. The average Bonchev–Trinajstić information content (AvgIpc) is 2.60. The molecule has 9 heteroatoms. The van der Waals surface area contributed by atoms with Gasteiger partial charge in [-0.25, -0.2) is 0 Å². The maximum atomic E-state index is 8.52. The third-order valence-electron chi connectivity index (χ3n) is 3.86. The van der Waals surface area contributed by atoms with Gasteiger partial charge in [0.05, 0.1) is 6.61 Å². The maximum absolute atomic E-state index is 8.52. The van der Waals surface area contributed by atoms with E-state index in [1.165, 1.54) is 56.1 Å². The van der Waals surface area contributed by atoms with Crippen LogP contribution >= 0.6 is 0 Å². The molecule has 1 aliphatic heterocycles. The van der Waals surface area contributed by atoms with E-state index in [0.717, 1.165) is 18.6 Å². The van der Waals surface area contributed by atoms with E-state index in [4.69, 9.17) is 27.3 Å². The standard InChI is InChI=1S/C17H26O2.2Na.H2O4S/c1-2-3-4-5-6-7-8-11-16-15-10-9-12-17(16)19-18-14-13-15;;;1-5(2,3)4/h9-10,12H,2-8,11,13-14H2,1H3;;;(H2,1,2,3,4)/q;2*+1;/p-2. The minimum absolute atomic E-state index is 0. The van der Waals surface area contributed by atoms with Gasteiger partial charge in [0.15, 0.2) is 5.75 Å². The fraction of sp³-hybridized carbons (Fsp3) is 0.647. The summed E-state index contributed by atoms with van der Waals surface area (Å²) in [7, 11) is -5.17. The summed E-state index contributed by atoms with van der Waals surface area (Å²) in [6.07, 6.45) is 11.6. The summed E-state index contributed by atoms with van der Waals surface area (Å²) in [6, 6.07) is 6.29. The molecule has 1 aliphatic rings. The van der Waals surface area contributed by atoms with Gasteiger partial charge in [-0.2, -0.15) is 4.89 Å². The molecule has 0 fully saturated rings. The van der Waals surface area contributed by atoms with Gasteiger partial charge in [0, 0.05) is 22.4 Å². The quantitative estimate of drug-likeness (QED) is 0.156. The second kappa shape index (κ2) is 16.8. The minimum Gasteiger partial charge on any atom is -0.759 e. The van der Waals surface area contributed by atoms with Crippen LogP contribution in [0.4, 0.5) is 0 Å². The van der Waals surface area contributed by atoms with Crippen molar-refractivity contribution in [3.05, 3.63) is 29.3 Å². The molecule has 0 N–H and O–H groups in total. The summed E-state index contributed by atoms with van der Waals surface area (Å²) < 4.78 is 34.1. The topological polar surface area (TPSA) is 98.7 Å². The van der Waals surface area contributed by atoms with Crippen molar-refractivity contribution in [3.63, 3.8) is 0 Å². The van der Waals surface area contributed by atoms with Crippen LogP contribution < -0.4 is 64.0 Å². The molecule has 2 rings (SSSR count). The molecule has 1 aromatic rings. The number of hydrogen-bond donors (Lipinski definition) is 0. The molecular weight excluding hydrogens is 378 g/mol. The van der Waals surface area contributed by atoms with E-state index in [-0.39, 0.29) is 59.1 Å². The van der Waals surface area contributed by atoms with E-state index < -0.39 is 10.4 Å². The molecule has 0 unspecified atom stereocenters. The molecule has 0 saturated carbocycles. The Bertz CT molecular complexity index is 548. The number of unbranched alkanes of at least 4 members (excludes halogenated alkanes) is 6. The summed E-state index contributed by atoms with van der Waals surface area (Å²) in [5.41, 5.74) is 2.77. The molecule has 6 nitrogen and oxygen atoms in total. The van der Waals surface area contributed by atoms with Crippen LogP contribution in [0.1, 0.15) is 63.0 Å². The van der Waals surface area contributed by atoms with Gasteiger partial charge >= 0.3 is 59.1 Å². The van der Waals surface area contributed by atoms with Crippen LogP contribution in [0, 0.1) is 0 Å². The monoisotopic (exact) mass is 404 g/mol. The van der Waals surface area contributed by atoms with Crippen LogP contribution in [0.5, 0.6) is 5.75 Å². The predicted octanol–water partition coefficient (Wildman–Crippen LogP) is -2.48. The first-order valence-electron chi connectivity index (χ1n) is 8.48. The molecule has 0 aliphatic carbocycles. The molecule has 1 aromatic carbocycles. The van der Waals surface area contributed by atoms with Crippen molar-refractivity contribution < 1.29 is 86.4 Å². The van der Waals surface area contributed by atoms with Gasteiger partial charge in [-0.15, -0.1) is 0 Å². The number of hydrogen-bond acceptors (Lipinski definition) is 6. The van der Waals surface area contributed by atoms with Crippen molar-refractivity contribution in [2.75, 3.05) is 6.61 Å². The smallest absolute Gasteiger partial charge is 0.759 e. The largest absolute Gasteiger partial charge is 1.00 e. The first-order chi connectivity index (χ1) is 11.4. The van der Waals surface area contributed by atoms with Crippen LogP contribution in [-0.4, -0.2) is 24.1 Å². The van der Waals surface area contributed by atoms with E-state index in [1.807, 2.05) is 6.07 Å². The second-order valence-corrected chi connectivity index (χ2v) is 6.65. The maximum Gasteiger partial charge on any atom is 1.00 e. The van der Waals surface area contributed by atoms with Gasteiger partial charge in [0.1, 0.15) is 0 Å². The summed E-state index contributed by atoms with van der Waals surface area (Å²) in [6.45, 7) is 2.93. The first-order valence-corrected chi connectivity index (χ1v) is 9.82. The molecule has 1 heterocycles. The Balaban J connectivity index is 0. The van der Waals surface area contributed by atoms with Crippen molar-refractivity contribution in [2.45, 2.75) is 64.7 Å². The van der Waals surface area contributed by atoms with Crippen LogP contribution in [0.25, 0.3) is 0 Å². The van der Waals surface area contributed by atoms with Gasteiger partial charge in [0.2, 0.25) is 0 Å². The molecule has 2 bridgehead atoms. The van der Waals surface area contributed by atoms with Crippen molar-refractivity contribution in [3.8, 4) is 5.75 Å². The molecule has 0 atom stereocenters. The zero-order chi connectivity index (χ0) is 17.8. The van der Waals surface area contributed by atoms with E-state index in [9.17, 15) is 0 Å². The Morgan fingerprint density at radius 1 is 1.00 bits per heavy atom. The van der Waals surface area contributed by atoms with Gasteiger partial charge < -0.3 is 14.0 Å². The SMILES string of the molecule is CCCCCCCCCc1c2cccc1OOCC2.O=S(=O)([O-])[O-].[Na+].[Na+]. The van der Waals surface area contributed by atoms with Crippen LogP contribution in [0.3, 0.4) is 0 Å². The Morgan fingerprint density at radius 3 is 2.19 bits per heavy atom. The normalized spacial score (nSPS) is 12.4. The summed E-state index contributed by atoms with van der Waals surface area (Å²) in [4.78, 5) is 10.5. The zero-order valence-corrected chi connectivity index (χ0v) is 21.0. The Kier molecular flexibility index (Phi) is 18.7. The number of rotatable bonds is 8. The fourth-order valence-corrected chi connectivity index (χ4v) is 2.72. The summed E-state index contributed by atoms with van der Waals surface area (Å²) in [5, 5.41) is 0. The number of benzene rings is 1. The second-order valence-electron chi connectivity index (χ2n) is 5.83. The first kappa shape index (κ1) is 29.1. The number of fused-ring (bicyclic) bond motifs is 2. The van der Waals surface area contributed by atoms with E-state index in [1.54, 1.807) is 0 Å². The van der Waals surface area contributed by atoms with Crippen LogP contribution in [-0.2, 0) is 28.1 Å². The van der Waals surface area contributed by atoms with Gasteiger partial charge in [-0.1, -0.05) is 57.6 Å². The molecule has 0 radical (unpaired) electrons. The summed E-state index contributed by atoms with van der Waals surface area (Å²) in [5.74, 6) is 0.931. The van der Waals surface area contributed by atoms with E-state index in [2.05, 4.69) is 19.1 Å². The molecule has 138 valence electrons. The average molecular weight is 404 g/mol. The van der Waals surface area contributed by atoms with Gasteiger partial charge in [-0.05, 0) is 24.5 Å². The third kappa shape index (κ3) is 14.9. The van der Waals surface area contributed by atoms with Crippen LogP contribution in [0.2, 0.25) is 0 Å². The van der Waals surface area contributed by atoms with Crippen molar-refractivity contribution in [1.29, 1.82) is 0 Å². The predicted molar refractivity (Wildman–Crippen MR) is 88.9 cm³/mol. The molecule has 0 aromatic heterocycles. The Labute approximate surface area is 201 Å². The minimum atomic E-state index is -5.17.